The number of hydrogen-bond acceptors (Lipinski definition) is 2. The van der Waals surface area contributed by atoms with Crippen molar-refractivity contribution in [3.05, 3.63) is 70.0 Å². The highest BCUT2D eigenvalue weighted by atomic mass is 35.5. The molecule has 0 aromatic heterocycles. The van der Waals surface area contributed by atoms with Crippen LogP contribution in [0.3, 0.4) is 0 Å². The molecule has 0 bridgehead atoms. The molecule has 1 saturated carbocycles. The van der Waals surface area contributed by atoms with Crippen LogP contribution < -0.4 is 0 Å². The van der Waals surface area contributed by atoms with Crippen molar-refractivity contribution in [1.82, 2.24) is 4.90 Å². The van der Waals surface area contributed by atoms with Gasteiger partial charge in [-0.05, 0) is 36.1 Å². The molecule has 1 aliphatic carbocycles. The molecule has 2 aliphatic rings. The predicted octanol–water partition coefficient (Wildman–Crippen LogP) is 3.79. The number of carbonyl (C=O) groups is 2. The molecule has 4 nitrogen and oxygen atoms in total. The molecule has 3 unspecified atom stereocenters. The molecular formula is C20H17ClFNO3. The van der Waals surface area contributed by atoms with Gasteiger partial charge in [0.1, 0.15) is 5.82 Å². The normalized spacial score (nSPS) is 24.1. The molecule has 6 heteroatoms. The highest BCUT2D eigenvalue weighted by molar-refractivity contribution is 6.31. The summed E-state index contributed by atoms with van der Waals surface area (Å²) in [5.41, 5.74) is 1.96. The van der Waals surface area contributed by atoms with Gasteiger partial charge in [-0.15, -0.1) is 0 Å². The van der Waals surface area contributed by atoms with Crippen LogP contribution in [0.1, 0.15) is 35.1 Å². The molecule has 1 heterocycles. The first kappa shape index (κ1) is 17.0. The van der Waals surface area contributed by atoms with E-state index >= 15 is 0 Å². The number of halogens is 2. The maximum absolute atomic E-state index is 14.1. The lowest BCUT2D eigenvalue weighted by Crippen LogP contribution is -2.44. The fraction of sp³-hybridized carbons (Fsp3) is 0.300. The maximum Gasteiger partial charge on any atom is 0.331 e. The molecule has 1 amide bonds. The molecule has 26 heavy (non-hydrogen) atoms. The summed E-state index contributed by atoms with van der Waals surface area (Å²) in [4.78, 5) is 26.3. The van der Waals surface area contributed by atoms with E-state index in [4.69, 9.17) is 11.6 Å². The van der Waals surface area contributed by atoms with E-state index in [1.54, 1.807) is 18.2 Å². The number of rotatable bonds is 3. The lowest BCUT2D eigenvalue weighted by atomic mass is 9.92. The number of carbonyl (C=O) groups excluding carboxylic acids is 1. The average molecular weight is 374 g/mol. The van der Waals surface area contributed by atoms with Crippen LogP contribution in [0.2, 0.25) is 5.02 Å². The van der Waals surface area contributed by atoms with Gasteiger partial charge in [0, 0.05) is 29.0 Å². The van der Waals surface area contributed by atoms with Gasteiger partial charge in [0.05, 0.1) is 0 Å². The van der Waals surface area contributed by atoms with Crippen LogP contribution in [0.15, 0.2) is 42.5 Å². The summed E-state index contributed by atoms with van der Waals surface area (Å²) in [5, 5.41) is 10.0. The van der Waals surface area contributed by atoms with Crippen molar-refractivity contribution in [3.63, 3.8) is 0 Å². The lowest BCUT2D eigenvalue weighted by Gasteiger charge is -2.35. The van der Waals surface area contributed by atoms with E-state index in [0.29, 0.717) is 35.5 Å². The third kappa shape index (κ3) is 2.76. The highest BCUT2D eigenvalue weighted by Crippen LogP contribution is 2.52. The Balaban J connectivity index is 1.60. The molecule has 2 aromatic rings. The number of amides is 1. The van der Waals surface area contributed by atoms with Crippen LogP contribution in [0, 0.1) is 11.7 Å². The fourth-order valence-corrected chi connectivity index (χ4v) is 4.24. The van der Waals surface area contributed by atoms with Gasteiger partial charge in [-0.25, -0.2) is 9.18 Å². The van der Waals surface area contributed by atoms with E-state index in [0.717, 1.165) is 5.56 Å². The summed E-state index contributed by atoms with van der Waals surface area (Å²) in [6.07, 6.45) is 1.10. The number of carboxylic acids is 1. The van der Waals surface area contributed by atoms with Crippen molar-refractivity contribution in [3.8, 4) is 0 Å². The van der Waals surface area contributed by atoms with Crippen molar-refractivity contribution in [2.24, 2.45) is 5.92 Å². The van der Waals surface area contributed by atoms with Crippen LogP contribution in [0.5, 0.6) is 0 Å². The summed E-state index contributed by atoms with van der Waals surface area (Å²) in [6, 6.07) is 10.8. The summed E-state index contributed by atoms with van der Waals surface area (Å²) < 4.78 is 14.1. The van der Waals surface area contributed by atoms with Crippen molar-refractivity contribution < 1.29 is 19.1 Å². The number of hydrogen-bond donors (Lipinski definition) is 1. The smallest absolute Gasteiger partial charge is 0.331 e. The second-order valence-electron chi connectivity index (χ2n) is 6.81. The molecular weight excluding hydrogens is 357 g/mol. The number of nitrogens with zero attached hydrogens (tertiary/aromatic N) is 1. The van der Waals surface area contributed by atoms with E-state index < -0.39 is 23.7 Å². The van der Waals surface area contributed by atoms with Crippen molar-refractivity contribution >= 4 is 23.5 Å². The Kier molecular flexibility index (Phi) is 4.19. The van der Waals surface area contributed by atoms with Gasteiger partial charge < -0.3 is 10.0 Å². The van der Waals surface area contributed by atoms with E-state index in [1.807, 2.05) is 12.1 Å². The van der Waals surface area contributed by atoms with E-state index in [2.05, 4.69) is 0 Å². The van der Waals surface area contributed by atoms with Gasteiger partial charge in [-0.2, -0.15) is 0 Å². The Labute approximate surface area is 155 Å². The molecule has 1 fully saturated rings. The van der Waals surface area contributed by atoms with Gasteiger partial charge in [-0.3, -0.25) is 4.79 Å². The topological polar surface area (TPSA) is 57.6 Å². The van der Waals surface area contributed by atoms with Crippen molar-refractivity contribution in [2.75, 3.05) is 6.54 Å². The van der Waals surface area contributed by atoms with Crippen LogP contribution in [-0.2, 0) is 16.0 Å². The third-order valence-corrected chi connectivity index (χ3v) is 5.61. The van der Waals surface area contributed by atoms with Crippen LogP contribution in [0.4, 0.5) is 4.39 Å². The van der Waals surface area contributed by atoms with E-state index in [1.165, 1.54) is 17.0 Å². The Bertz CT molecular complexity index is 880. The summed E-state index contributed by atoms with van der Waals surface area (Å²) >= 11 is 6.11. The molecule has 0 saturated heterocycles. The Hall–Kier alpha value is -2.40. The Morgan fingerprint density at radius 3 is 2.65 bits per heavy atom. The first-order valence-electron chi connectivity index (χ1n) is 8.54. The molecule has 2 aromatic carbocycles. The quantitative estimate of drug-likeness (QED) is 0.890. The Morgan fingerprint density at radius 2 is 1.92 bits per heavy atom. The number of aliphatic carboxylic acids is 1. The predicted molar refractivity (Wildman–Crippen MR) is 94.5 cm³/mol. The zero-order chi connectivity index (χ0) is 18.4. The van der Waals surface area contributed by atoms with Crippen LogP contribution in [-0.4, -0.2) is 28.4 Å². The minimum atomic E-state index is -1.05. The molecule has 1 aliphatic heterocycles. The molecule has 134 valence electrons. The average Bonchev–Trinajstić information content (AvgIpc) is 3.40. The van der Waals surface area contributed by atoms with Gasteiger partial charge in [0.2, 0.25) is 5.91 Å². The summed E-state index contributed by atoms with van der Waals surface area (Å²) in [7, 11) is 0. The summed E-state index contributed by atoms with van der Waals surface area (Å²) in [5.74, 6) is -2.42. The zero-order valence-electron chi connectivity index (χ0n) is 13.9. The summed E-state index contributed by atoms with van der Waals surface area (Å²) in [6.45, 7) is 0.348. The van der Waals surface area contributed by atoms with Crippen molar-refractivity contribution in [2.45, 2.75) is 24.8 Å². The highest BCUT2D eigenvalue weighted by Gasteiger charge is 2.50. The van der Waals surface area contributed by atoms with Gasteiger partial charge in [-0.1, -0.05) is 41.9 Å². The van der Waals surface area contributed by atoms with Gasteiger partial charge >= 0.3 is 5.97 Å². The van der Waals surface area contributed by atoms with Crippen molar-refractivity contribution in [1.29, 1.82) is 0 Å². The number of carboxylic acid groups (broad SMARTS) is 1. The molecule has 0 radical (unpaired) electrons. The number of benzene rings is 2. The molecule has 1 N–H and O–H groups in total. The largest absolute Gasteiger partial charge is 0.479 e. The minimum Gasteiger partial charge on any atom is -0.479 e. The Morgan fingerprint density at radius 1 is 1.15 bits per heavy atom. The lowest BCUT2D eigenvalue weighted by molar-refractivity contribution is -0.151. The number of fused-ring (bicyclic) bond motifs is 1. The monoisotopic (exact) mass is 373 g/mol. The van der Waals surface area contributed by atoms with E-state index in [9.17, 15) is 19.1 Å². The second kappa shape index (κ2) is 6.40. The molecule has 3 atom stereocenters. The van der Waals surface area contributed by atoms with Crippen LogP contribution in [0.25, 0.3) is 0 Å². The SMILES string of the molecule is O=C(O)C1c2ccccc2CCN1C(=O)C1CC1c1c(F)cccc1Cl. The minimum absolute atomic E-state index is 0.240. The van der Waals surface area contributed by atoms with E-state index in [-0.39, 0.29) is 11.8 Å². The van der Waals surface area contributed by atoms with Gasteiger partial charge in [0.25, 0.3) is 0 Å². The third-order valence-electron chi connectivity index (χ3n) is 5.28. The first-order valence-corrected chi connectivity index (χ1v) is 8.92. The second-order valence-corrected chi connectivity index (χ2v) is 7.21. The fourth-order valence-electron chi connectivity index (χ4n) is 3.94. The maximum atomic E-state index is 14.1. The molecule has 4 rings (SSSR count). The first-order chi connectivity index (χ1) is 12.5. The van der Waals surface area contributed by atoms with Crippen LogP contribution >= 0.6 is 11.6 Å². The molecule has 0 spiro atoms. The van der Waals surface area contributed by atoms with Gasteiger partial charge in [0.15, 0.2) is 6.04 Å². The zero-order valence-corrected chi connectivity index (χ0v) is 14.6. The standard InChI is InChI=1S/C20H17ClFNO3/c21-15-6-3-7-16(22)17(15)13-10-14(13)19(24)23-9-8-11-4-1-2-5-12(11)18(23)20(25)26/h1-7,13-14,18H,8-10H2,(H,25,26).